The smallest absolute Gasteiger partial charge is 0.234 e. The van der Waals surface area contributed by atoms with Crippen LogP contribution >= 0.6 is 11.6 Å². The summed E-state index contributed by atoms with van der Waals surface area (Å²) in [7, 11) is 0. The van der Waals surface area contributed by atoms with Crippen LogP contribution in [0, 0.1) is 0 Å². The maximum absolute atomic E-state index is 12.6. The van der Waals surface area contributed by atoms with Gasteiger partial charge in [0.25, 0.3) is 0 Å². The third-order valence-electron chi connectivity index (χ3n) is 4.08. The van der Waals surface area contributed by atoms with Gasteiger partial charge in [-0.25, -0.2) is 0 Å². The predicted octanol–water partition coefficient (Wildman–Crippen LogP) is 2.77. The van der Waals surface area contributed by atoms with Crippen molar-refractivity contribution in [3.63, 3.8) is 0 Å². The molecule has 2 aromatic rings. The first-order valence-electron chi connectivity index (χ1n) is 7.35. The third-order valence-corrected chi connectivity index (χ3v) is 4.31. The second kappa shape index (κ2) is 5.28. The summed E-state index contributed by atoms with van der Waals surface area (Å²) in [6.07, 6.45) is 4.51. The number of halogens is 1. The standard InChI is InChI=1S/C15H15ClN4O2/c16-9-1-4-13-12(7-9)11(5-6-22-13)14(21)18-15-19-17-8-20(15)10-2-3-10/h1,4,7-8,10-11H,2-3,5-6H2,(H,18,19,21). The highest BCUT2D eigenvalue weighted by molar-refractivity contribution is 6.30. The van der Waals surface area contributed by atoms with Gasteiger partial charge in [-0.2, -0.15) is 0 Å². The molecule has 1 atom stereocenters. The quantitative estimate of drug-likeness (QED) is 0.944. The van der Waals surface area contributed by atoms with E-state index < -0.39 is 0 Å². The van der Waals surface area contributed by atoms with Crippen LogP contribution in [0.2, 0.25) is 5.02 Å². The summed E-state index contributed by atoms with van der Waals surface area (Å²) in [5.41, 5.74) is 0.828. The molecule has 1 aromatic heterocycles. The number of nitrogens with one attached hydrogen (secondary N) is 1. The number of rotatable bonds is 3. The Morgan fingerprint density at radius 2 is 2.23 bits per heavy atom. The molecule has 4 rings (SSSR count). The molecular weight excluding hydrogens is 304 g/mol. The van der Waals surface area contributed by atoms with Crippen LogP contribution in [0.15, 0.2) is 24.5 Å². The van der Waals surface area contributed by atoms with E-state index in [0.717, 1.165) is 24.2 Å². The number of carbonyl (C=O) groups is 1. The first-order valence-corrected chi connectivity index (χ1v) is 7.73. The summed E-state index contributed by atoms with van der Waals surface area (Å²) in [6, 6.07) is 5.79. The molecule has 6 nitrogen and oxygen atoms in total. The molecule has 0 radical (unpaired) electrons. The fourth-order valence-corrected chi connectivity index (χ4v) is 2.97. The minimum Gasteiger partial charge on any atom is -0.493 e. The van der Waals surface area contributed by atoms with E-state index >= 15 is 0 Å². The highest BCUT2D eigenvalue weighted by Gasteiger charge is 2.31. The minimum atomic E-state index is -0.285. The Morgan fingerprint density at radius 3 is 3.05 bits per heavy atom. The van der Waals surface area contributed by atoms with Gasteiger partial charge in [0.05, 0.1) is 12.5 Å². The summed E-state index contributed by atoms with van der Waals surface area (Å²) in [5, 5.41) is 11.4. The monoisotopic (exact) mass is 318 g/mol. The molecule has 0 saturated heterocycles. The van der Waals surface area contributed by atoms with Gasteiger partial charge in [0, 0.05) is 16.6 Å². The SMILES string of the molecule is O=C(Nc1nncn1C1CC1)C1CCOc2ccc(Cl)cc21. The number of hydrogen-bond donors (Lipinski definition) is 1. The summed E-state index contributed by atoms with van der Waals surface area (Å²) < 4.78 is 7.52. The molecular formula is C15H15ClN4O2. The number of fused-ring (bicyclic) bond motifs is 1. The van der Waals surface area contributed by atoms with Crippen LogP contribution in [0.1, 0.15) is 36.8 Å². The molecule has 1 aliphatic heterocycles. The van der Waals surface area contributed by atoms with E-state index in [1.807, 2.05) is 10.6 Å². The van der Waals surface area contributed by atoms with Gasteiger partial charge in [0.15, 0.2) is 0 Å². The Hall–Kier alpha value is -2.08. The lowest BCUT2D eigenvalue weighted by atomic mass is 9.92. The molecule has 7 heteroatoms. The maximum atomic E-state index is 12.6. The average Bonchev–Trinajstić information content (AvgIpc) is 3.26. The number of nitrogens with zero attached hydrogens (tertiary/aromatic N) is 3. The van der Waals surface area contributed by atoms with Gasteiger partial charge in [-0.3, -0.25) is 14.7 Å². The lowest BCUT2D eigenvalue weighted by Gasteiger charge is -2.25. The summed E-state index contributed by atoms with van der Waals surface area (Å²) in [4.78, 5) is 12.6. The second-order valence-electron chi connectivity index (χ2n) is 5.65. The molecule has 0 bridgehead atoms. The van der Waals surface area contributed by atoms with E-state index in [4.69, 9.17) is 16.3 Å². The first-order chi connectivity index (χ1) is 10.7. The fourth-order valence-electron chi connectivity index (χ4n) is 2.79. The highest BCUT2D eigenvalue weighted by atomic mass is 35.5. The molecule has 114 valence electrons. The van der Waals surface area contributed by atoms with E-state index in [-0.39, 0.29) is 11.8 Å². The van der Waals surface area contributed by atoms with Gasteiger partial charge in [0.1, 0.15) is 12.1 Å². The normalized spacial score (nSPS) is 20.1. The molecule has 2 aliphatic rings. The lowest BCUT2D eigenvalue weighted by molar-refractivity contribution is -0.118. The van der Waals surface area contributed by atoms with Crippen molar-refractivity contribution < 1.29 is 9.53 Å². The molecule has 1 unspecified atom stereocenters. The number of benzene rings is 1. The Balaban J connectivity index is 1.58. The van der Waals surface area contributed by atoms with Crippen molar-refractivity contribution in [2.75, 3.05) is 11.9 Å². The van der Waals surface area contributed by atoms with Crippen molar-refractivity contribution in [1.29, 1.82) is 0 Å². The zero-order valence-corrected chi connectivity index (χ0v) is 12.6. The van der Waals surface area contributed by atoms with Crippen molar-refractivity contribution in [1.82, 2.24) is 14.8 Å². The molecule has 2 heterocycles. The van der Waals surface area contributed by atoms with E-state index in [1.54, 1.807) is 18.5 Å². The van der Waals surface area contributed by atoms with Crippen LogP contribution in [-0.4, -0.2) is 27.3 Å². The summed E-state index contributed by atoms with van der Waals surface area (Å²) >= 11 is 6.05. The predicted molar refractivity (Wildman–Crippen MR) is 81.2 cm³/mol. The molecule has 1 aromatic carbocycles. The zero-order chi connectivity index (χ0) is 15.1. The van der Waals surface area contributed by atoms with Crippen LogP contribution < -0.4 is 10.1 Å². The summed E-state index contributed by atoms with van der Waals surface area (Å²) in [5.74, 6) is 0.857. The van der Waals surface area contributed by atoms with Crippen LogP contribution in [-0.2, 0) is 4.79 Å². The van der Waals surface area contributed by atoms with Gasteiger partial charge in [-0.15, -0.1) is 10.2 Å². The number of carbonyl (C=O) groups excluding carboxylic acids is 1. The Bertz CT molecular complexity index is 726. The molecule has 1 aliphatic carbocycles. The largest absolute Gasteiger partial charge is 0.493 e. The topological polar surface area (TPSA) is 69.0 Å². The van der Waals surface area contributed by atoms with Gasteiger partial charge in [-0.1, -0.05) is 11.6 Å². The molecule has 1 fully saturated rings. The Kier molecular flexibility index (Phi) is 3.26. The first kappa shape index (κ1) is 13.6. The van der Waals surface area contributed by atoms with Crippen LogP contribution in [0.5, 0.6) is 5.75 Å². The van der Waals surface area contributed by atoms with Gasteiger partial charge < -0.3 is 4.74 Å². The van der Waals surface area contributed by atoms with Crippen molar-refractivity contribution in [3.05, 3.63) is 35.1 Å². The number of anilines is 1. The van der Waals surface area contributed by atoms with Crippen molar-refractivity contribution >= 4 is 23.5 Å². The van der Waals surface area contributed by atoms with Crippen molar-refractivity contribution in [2.24, 2.45) is 0 Å². The van der Waals surface area contributed by atoms with Crippen LogP contribution in [0.25, 0.3) is 0 Å². The number of ether oxygens (including phenoxy) is 1. The number of aromatic nitrogens is 3. The van der Waals surface area contributed by atoms with E-state index in [2.05, 4.69) is 15.5 Å². The third kappa shape index (κ3) is 2.43. The zero-order valence-electron chi connectivity index (χ0n) is 11.8. The van der Waals surface area contributed by atoms with E-state index in [1.165, 1.54) is 0 Å². The highest BCUT2D eigenvalue weighted by Crippen LogP contribution is 2.38. The number of hydrogen-bond acceptors (Lipinski definition) is 4. The molecule has 1 saturated carbocycles. The maximum Gasteiger partial charge on any atom is 0.234 e. The Morgan fingerprint density at radius 1 is 1.36 bits per heavy atom. The average molecular weight is 319 g/mol. The van der Waals surface area contributed by atoms with Gasteiger partial charge in [-0.05, 0) is 37.5 Å². The summed E-state index contributed by atoms with van der Waals surface area (Å²) in [6.45, 7) is 0.516. The fraction of sp³-hybridized carbons (Fsp3) is 0.400. The van der Waals surface area contributed by atoms with Gasteiger partial charge >= 0.3 is 0 Å². The lowest BCUT2D eigenvalue weighted by Crippen LogP contribution is -2.27. The van der Waals surface area contributed by atoms with Crippen LogP contribution in [0.4, 0.5) is 5.95 Å². The van der Waals surface area contributed by atoms with Gasteiger partial charge in [0.2, 0.25) is 11.9 Å². The molecule has 0 spiro atoms. The number of amides is 1. The molecule has 1 N–H and O–H groups in total. The van der Waals surface area contributed by atoms with E-state index in [0.29, 0.717) is 30.0 Å². The van der Waals surface area contributed by atoms with Crippen LogP contribution in [0.3, 0.4) is 0 Å². The van der Waals surface area contributed by atoms with Crippen molar-refractivity contribution in [3.8, 4) is 5.75 Å². The minimum absolute atomic E-state index is 0.0956. The molecule has 22 heavy (non-hydrogen) atoms. The molecule has 1 amide bonds. The van der Waals surface area contributed by atoms with E-state index in [9.17, 15) is 4.79 Å². The second-order valence-corrected chi connectivity index (χ2v) is 6.09. The Labute approximate surface area is 132 Å². The van der Waals surface area contributed by atoms with Crippen molar-refractivity contribution in [2.45, 2.75) is 31.2 Å².